The Labute approximate surface area is 121 Å². The van der Waals surface area contributed by atoms with E-state index in [2.05, 4.69) is 28.2 Å². The summed E-state index contributed by atoms with van der Waals surface area (Å²) in [5.74, 6) is 0. The van der Waals surface area contributed by atoms with Crippen molar-refractivity contribution in [3.05, 3.63) is 26.7 Å². The second-order valence-corrected chi connectivity index (χ2v) is 5.37. The molecule has 1 rings (SSSR count). The molecule has 0 aliphatic heterocycles. The molecular formula is C12H16BrCl2NO. The molecular weight excluding hydrogens is 325 g/mol. The summed E-state index contributed by atoms with van der Waals surface area (Å²) in [5.41, 5.74) is 0.760. The van der Waals surface area contributed by atoms with E-state index in [-0.39, 0.29) is 0 Å². The van der Waals surface area contributed by atoms with Gasteiger partial charge in [0.05, 0.1) is 22.3 Å². The molecule has 0 radical (unpaired) electrons. The lowest BCUT2D eigenvalue weighted by Gasteiger charge is -2.11. The first-order valence-corrected chi connectivity index (χ1v) is 7.16. The molecule has 1 N–H and O–H groups in total. The number of unbranched alkanes of at least 4 members (excludes halogenated alkanes) is 1. The van der Waals surface area contributed by atoms with Crippen LogP contribution in [0, 0.1) is 0 Å². The summed E-state index contributed by atoms with van der Waals surface area (Å²) in [6, 6.07) is 3.63. The fourth-order valence-corrected chi connectivity index (χ4v) is 2.65. The first-order valence-electron chi connectivity index (χ1n) is 5.61. The summed E-state index contributed by atoms with van der Waals surface area (Å²) in [6.45, 7) is 4.30. The van der Waals surface area contributed by atoms with Gasteiger partial charge in [0.25, 0.3) is 0 Å². The number of benzene rings is 1. The molecule has 0 aliphatic rings. The van der Waals surface area contributed by atoms with Crippen molar-refractivity contribution >= 4 is 44.8 Å². The molecule has 0 bridgehead atoms. The van der Waals surface area contributed by atoms with E-state index >= 15 is 0 Å². The molecule has 0 aromatic heterocycles. The summed E-state index contributed by atoms with van der Waals surface area (Å²) in [5, 5.41) is 4.39. The first-order chi connectivity index (χ1) is 8.15. The minimum atomic E-state index is 0.609. The molecule has 0 unspecified atom stereocenters. The van der Waals surface area contributed by atoms with Gasteiger partial charge in [-0.15, -0.1) is 0 Å². The van der Waals surface area contributed by atoms with E-state index in [1.54, 1.807) is 0 Å². The normalized spacial score (nSPS) is 10.6. The van der Waals surface area contributed by atoms with Crippen LogP contribution >= 0.6 is 39.1 Å². The molecule has 1 aromatic carbocycles. The summed E-state index contributed by atoms with van der Waals surface area (Å²) < 4.78 is 6.31. The van der Waals surface area contributed by atoms with Crippen molar-refractivity contribution in [1.82, 2.24) is 0 Å². The molecule has 2 nitrogen and oxygen atoms in total. The van der Waals surface area contributed by atoms with E-state index in [0.717, 1.165) is 29.6 Å². The van der Waals surface area contributed by atoms with Crippen molar-refractivity contribution in [1.29, 1.82) is 0 Å². The molecule has 0 fully saturated rings. The highest BCUT2D eigenvalue weighted by atomic mass is 79.9. The third kappa shape index (κ3) is 5.47. The van der Waals surface area contributed by atoms with Gasteiger partial charge >= 0.3 is 0 Å². The zero-order valence-electron chi connectivity index (χ0n) is 9.73. The Bertz CT molecular complexity index is 337. The number of anilines is 1. The maximum absolute atomic E-state index is 6.08. The van der Waals surface area contributed by atoms with E-state index < -0.39 is 0 Å². The predicted octanol–water partition coefficient (Wildman–Crippen LogP) is 4.98. The second-order valence-electron chi connectivity index (χ2n) is 3.64. The molecule has 0 saturated carbocycles. The Kier molecular flexibility index (Phi) is 7.28. The Morgan fingerprint density at radius 1 is 1.24 bits per heavy atom. The lowest BCUT2D eigenvalue weighted by Crippen LogP contribution is -2.10. The van der Waals surface area contributed by atoms with Crippen LogP contribution in [-0.2, 0) is 4.74 Å². The van der Waals surface area contributed by atoms with Crippen molar-refractivity contribution < 1.29 is 4.74 Å². The average Bonchev–Trinajstić information content (AvgIpc) is 2.26. The number of ether oxygens (including phenoxy) is 1. The maximum atomic E-state index is 6.08. The van der Waals surface area contributed by atoms with Crippen molar-refractivity contribution in [2.24, 2.45) is 0 Å². The monoisotopic (exact) mass is 339 g/mol. The lowest BCUT2D eigenvalue weighted by molar-refractivity contribution is 0.141. The summed E-state index contributed by atoms with van der Waals surface area (Å²) >= 11 is 15.5. The van der Waals surface area contributed by atoms with Crippen LogP contribution in [0.15, 0.2) is 16.6 Å². The van der Waals surface area contributed by atoms with Crippen LogP contribution in [0.3, 0.4) is 0 Å². The lowest BCUT2D eigenvalue weighted by atomic mass is 10.3. The van der Waals surface area contributed by atoms with Crippen LogP contribution in [0.1, 0.15) is 19.8 Å². The molecule has 0 atom stereocenters. The smallest absolute Gasteiger partial charge is 0.0720 e. The highest BCUT2D eigenvalue weighted by molar-refractivity contribution is 9.10. The van der Waals surface area contributed by atoms with Crippen molar-refractivity contribution in [2.75, 3.05) is 25.1 Å². The average molecular weight is 341 g/mol. The van der Waals surface area contributed by atoms with Crippen LogP contribution in [0.25, 0.3) is 0 Å². The largest absolute Gasteiger partial charge is 0.380 e. The van der Waals surface area contributed by atoms with Gasteiger partial charge in [0.15, 0.2) is 0 Å². The molecule has 0 heterocycles. The van der Waals surface area contributed by atoms with E-state index in [1.165, 1.54) is 0 Å². The van der Waals surface area contributed by atoms with E-state index in [4.69, 9.17) is 27.9 Å². The van der Waals surface area contributed by atoms with Gasteiger partial charge in [0.1, 0.15) is 0 Å². The fraction of sp³-hybridized carbons (Fsp3) is 0.500. The predicted molar refractivity (Wildman–Crippen MR) is 78.4 cm³/mol. The van der Waals surface area contributed by atoms with Crippen molar-refractivity contribution in [3.8, 4) is 0 Å². The van der Waals surface area contributed by atoms with Crippen molar-refractivity contribution in [2.45, 2.75) is 19.8 Å². The zero-order chi connectivity index (χ0) is 12.7. The number of hydrogen-bond donors (Lipinski definition) is 1. The topological polar surface area (TPSA) is 21.3 Å². The van der Waals surface area contributed by atoms with Gasteiger partial charge in [0, 0.05) is 17.6 Å². The highest BCUT2D eigenvalue weighted by Gasteiger charge is 2.06. The third-order valence-corrected chi connectivity index (χ3v) is 3.25. The standard InChI is InChI=1S/C12H16BrCl2NO/c1-2-3-5-17-6-4-16-12-10(14)7-9(13)8-11(12)15/h7-8,16H,2-6H2,1H3. The van der Waals surface area contributed by atoms with Crippen LogP contribution < -0.4 is 5.32 Å². The Balaban J connectivity index is 2.36. The Hall–Kier alpha value is 0.0400. The van der Waals surface area contributed by atoms with Gasteiger partial charge in [-0.1, -0.05) is 52.5 Å². The van der Waals surface area contributed by atoms with E-state index in [1.807, 2.05) is 12.1 Å². The van der Waals surface area contributed by atoms with Gasteiger partial charge in [-0.3, -0.25) is 0 Å². The molecule has 0 amide bonds. The van der Waals surface area contributed by atoms with Crippen LogP contribution in [0.5, 0.6) is 0 Å². The summed E-state index contributed by atoms with van der Waals surface area (Å²) in [6.07, 6.45) is 2.25. The SMILES string of the molecule is CCCCOCCNc1c(Cl)cc(Br)cc1Cl. The fourth-order valence-electron chi connectivity index (χ4n) is 1.31. The van der Waals surface area contributed by atoms with Gasteiger partial charge in [-0.05, 0) is 18.6 Å². The number of nitrogens with one attached hydrogen (secondary N) is 1. The van der Waals surface area contributed by atoms with Gasteiger partial charge in [-0.25, -0.2) is 0 Å². The minimum Gasteiger partial charge on any atom is -0.380 e. The maximum Gasteiger partial charge on any atom is 0.0720 e. The van der Waals surface area contributed by atoms with E-state index in [9.17, 15) is 0 Å². The third-order valence-electron chi connectivity index (χ3n) is 2.20. The minimum absolute atomic E-state index is 0.609. The van der Waals surface area contributed by atoms with Crippen LogP contribution in [0.2, 0.25) is 10.0 Å². The summed E-state index contributed by atoms with van der Waals surface area (Å²) in [7, 11) is 0. The molecule has 17 heavy (non-hydrogen) atoms. The number of rotatable bonds is 7. The zero-order valence-corrected chi connectivity index (χ0v) is 12.8. The van der Waals surface area contributed by atoms with E-state index in [0.29, 0.717) is 23.2 Å². The second kappa shape index (κ2) is 8.20. The molecule has 0 spiro atoms. The molecule has 5 heteroatoms. The van der Waals surface area contributed by atoms with Gasteiger partial charge < -0.3 is 10.1 Å². The Morgan fingerprint density at radius 2 is 1.88 bits per heavy atom. The highest BCUT2D eigenvalue weighted by Crippen LogP contribution is 2.33. The quantitative estimate of drug-likeness (QED) is 0.706. The van der Waals surface area contributed by atoms with Crippen molar-refractivity contribution in [3.63, 3.8) is 0 Å². The Morgan fingerprint density at radius 3 is 2.47 bits per heavy atom. The first kappa shape index (κ1) is 15.1. The van der Waals surface area contributed by atoms with Crippen LogP contribution in [-0.4, -0.2) is 19.8 Å². The van der Waals surface area contributed by atoms with Gasteiger partial charge in [-0.2, -0.15) is 0 Å². The number of halogens is 3. The summed E-state index contributed by atoms with van der Waals surface area (Å²) in [4.78, 5) is 0. The molecule has 0 saturated heterocycles. The number of hydrogen-bond acceptors (Lipinski definition) is 2. The molecule has 0 aliphatic carbocycles. The molecule has 96 valence electrons. The van der Waals surface area contributed by atoms with Gasteiger partial charge in [0.2, 0.25) is 0 Å². The molecule has 1 aromatic rings. The van der Waals surface area contributed by atoms with Crippen LogP contribution in [0.4, 0.5) is 5.69 Å².